The molecule has 6 rings (SSSR count). The van der Waals surface area contributed by atoms with E-state index in [1.54, 1.807) is 99.3 Å². The second kappa shape index (κ2) is 22.3. The Morgan fingerprint density at radius 2 is 0.786 bits per heavy atom. The van der Waals surface area contributed by atoms with Gasteiger partial charge < -0.3 is 61.9 Å². The van der Waals surface area contributed by atoms with Crippen LogP contribution in [0.25, 0.3) is 0 Å². The second-order valence-corrected chi connectivity index (χ2v) is 16.0. The minimum atomic E-state index is -1.17. The number of hydrogen-bond donors (Lipinski definition) is 10. The number of carboxylic acids is 2. The third kappa shape index (κ3) is 13.8. The van der Waals surface area contributed by atoms with Crippen molar-refractivity contribution in [2.24, 2.45) is 14.1 Å². The number of carboxylic acid groups (broad SMARTS) is 2. The van der Waals surface area contributed by atoms with Crippen molar-refractivity contribution in [1.29, 1.82) is 0 Å². The zero-order chi connectivity index (χ0) is 50.6. The summed E-state index contributed by atoms with van der Waals surface area (Å²) in [7, 11) is 3.24. The molecule has 0 bridgehead atoms. The van der Waals surface area contributed by atoms with Crippen molar-refractivity contribution < 1.29 is 53.4 Å². The van der Waals surface area contributed by atoms with Crippen LogP contribution in [0.3, 0.4) is 0 Å². The molecule has 10 N–H and O–H groups in total. The number of amides is 8. The highest BCUT2D eigenvalue weighted by Gasteiger charge is 2.20. The molecule has 2 heterocycles. The molecule has 360 valence electrons. The van der Waals surface area contributed by atoms with Crippen LogP contribution in [0.5, 0.6) is 0 Å². The molecule has 8 amide bonds. The van der Waals surface area contributed by atoms with E-state index >= 15 is 0 Å². The number of carbonyl (C=O) groups excluding carboxylic acids is 7. The van der Waals surface area contributed by atoms with Crippen LogP contribution in [0.4, 0.5) is 38.9 Å². The number of nitrogens with one attached hydrogen (secondary N) is 8. The van der Waals surface area contributed by atoms with Crippen molar-refractivity contribution in [3.05, 3.63) is 155 Å². The molecule has 0 aliphatic heterocycles. The number of urea groups is 1. The summed E-state index contributed by atoms with van der Waals surface area (Å²) >= 11 is 0. The predicted octanol–water partition coefficient (Wildman–Crippen LogP) is 5.28. The van der Waals surface area contributed by atoms with E-state index in [0.29, 0.717) is 33.9 Å². The minimum Gasteiger partial charge on any atom is -0.480 e. The largest absolute Gasteiger partial charge is 0.480 e. The van der Waals surface area contributed by atoms with Gasteiger partial charge in [0.05, 0.1) is 24.2 Å². The number of benzene rings is 4. The van der Waals surface area contributed by atoms with Gasteiger partial charge in [0.1, 0.15) is 23.5 Å². The summed E-state index contributed by atoms with van der Waals surface area (Å²) in [6.07, 6.45) is 2.88. The van der Waals surface area contributed by atoms with Crippen LogP contribution < -0.4 is 42.5 Å². The molecule has 2 aromatic heterocycles. The highest BCUT2D eigenvalue weighted by molar-refractivity contribution is 6.10. The Balaban J connectivity index is 0.996. The van der Waals surface area contributed by atoms with Crippen molar-refractivity contribution in [3.8, 4) is 0 Å². The maximum Gasteiger partial charge on any atom is 0.325 e. The van der Waals surface area contributed by atoms with Crippen LogP contribution >= 0.6 is 0 Å². The van der Waals surface area contributed by atoms with Gasteiger partial charge in [0.25, 0.3) is 23.6 Å². The van der Waals surface area contributed by atoms with Crippen LogP contribution in [0.2, 0.25) is 0 Å². The van der Waals surface area contributed by atoms with E-state index in [-0.39, 0.29) is 46.7 Å². The normalized spacial score (nSPS) is 11.5. The minimum absolute atomic E-state index is 0.102. The Hall–Kier alpha value is -9.53. The molecule has 21 heteroatoms. The van der Waals surface area contributed by atoms with Crippen molar-refractivity contribution in [2.75, 3.05) is 31.9 Å². The molecular formula is C49H48N10O11. The Morgan fingerprint density at radius 3 is 1.16 bits per heavy atom. The third-order valence-corrected chi connectivity index (χ3v) is 10.4. The molecule has 0 radical (unpaired) electrons. The average Bonchev–Trinajstić information content (AvgIpc) is 3.86. The van der Waals surface area contributed by atoms with E-state index in [9.17, 15) is 43.2 Å². The maximum atomic E-state index is 13.3. The zero-order valence-corrected chi connectivity index (χ0v) is 38.1. The summed E-state index contributed by atoms with van der Waals surface area (Å²) in [5.74, 6) is -5.39. The van der Waals surface area contributed by atoms with E-state index in [2.05, 4.69) is 42.5 Å². The first kappa shape index (κ1) is 49.9. The lowest BCUT2D eigenvalue weighted by Crippen LogP contribution is -2.39. The lowest BCUT2D eigenvalue weighted by atomic mass is 10.1. The first-order chi connectivity index (χ1) is 33.3. The molecule has 0 saturated carbocycles. The number of hydrogen-bond acceptors (Lipinski definition) is 9. The van der Waals surface area contributed by atoms with Gasteiger partial charge in [-0.1, -0.05) is 36.4 Å². The fraction of sp³-hybridized carbons (Fsp3) is 0.163. The summed E-state index contributed by atoms with van der Waals surface area (Å²) in [5, 5.41) is 39.2. The third-order valence-electron chi connectivity index (χ3n) is 10.4. The molecule has 0 saturated heterocycles. The molecule has 4 aromatic carbocycles. The second-order valence-electron chi connectivity index (χ2n) is 16.0. The molecule has 2 unspecified atom stereocenters. The highest BCUT2D eigenvalue weighted by atomic mass is 16.4. The molecule has 6 aromatic rings. The smallest absolute Gasteiger partial charge is 0.325 e. The number of aliphatic carboxylic acids is 2. The molecule has 2 atom stereocenters. The zero-order valence-electron chi connectivity index (χ0n) is 38.1. The fourth-order valence-corrected chi connectivity index (χ4v) is 6.88. The Bertz CT molecular complexity index is 2830. The maximum absolute atomic E-state index is 13.3. The highest BCUT2D eigenvalue weighted by Crippen LogP contribution is 2.21. The molecule has 0 spiro atoms. The fourth-order valence-electron chi connectivity index (χ4n) is 6.88. The number of rotatable bonds is 18. The van der Waals surface area contributed by atoms with Gasteiger partial charge in [-0.15, -0.1) is 0 Å². The molecular weight excluding hydrogens is 905 g/mol. The van der Waals surface area contributed by atoms with Gasteiger partial charge in [-0.25, -0.2) is 4.79 Å². The first-order valence-electron chi connectivity index (χ1n) is 21.4. The summed E-state index contributed by atoms with van der Waals surface area (Å²) in [6.45, 7) is 2.70. The summed E-state index contributed by atoms with van der Waals surface area (Å²) < 4.78 is 3.03. The van der Waals surface area contributed by atoms with Crippen LogP contribution in [0, 0.1) is 0 Å². The van der Waals surface area contributed by atoms with Gasteiger partial charge >= 0.3 is 18.0 Å². The summed E-state index contributed by atoms with van der Waals surface area (Å²) in [5.41, 5.74) is 3.82. The van der Waals surface area contributed by atoms with Gasteiger partial charge in [-0.2, -0.15) is 0 Å². The molecule has 0 fully saturated rings. The first-order valence-corrected chi connectivity index (χ1v) is 21.4. The number of nitrogens with zero attached hydrogens (tertiary/aromatic N) is 2. The lowest BCUT2D eigenvalue weighted by Gasteiger charge is -2.10. The van der Waals surface area contributed by atoms with Crippen molar-refractivity contribution in [2.45, 2.75) is 38.8 Å². The van der Waals surface area contributed by atoms with Crippen LogP contribution in [-0.4, -0.2) is 84.8 Å². The van der Waals surface area contributed by atoms with Crippen molar-refractivity contribution >= 4 is 87.5 Å². The van der Waals surface area contributed by atoms with E-state index in [1.165, 1.54) is 59.4 Å². The van der Waals surface area contributed by atoms with Crippen molar-refractivity contribution in [3.63, 3.8) is 0 Å². The molecule has 70 heavy (non-hydrogen) atoms. The van der Waals surface area contributed by atoms with Gasteiger partial charge in [0.2, 0.25) is 11.8 Å². The molecule has 21 nitrogen and oxygen atoms in total. The monoisotopic (exact) mass is 952 g/mol. The number of carbonyl (C=O) groups is 9. The quantitative estimate of drug-likeness (QED) is 0.0529. The molecule has 0 aliphatic rings. The number of aryl methyl sites for hydroxylation is 2. The lowest BCUT2D eigenvalue weighted by molar-refractivity contribution is -0.141. The Morgan fingerprint density at radius 1 is 0.443 bits per heavy atom. The van der Waals surface area contributed by atoms with E-state index in [4.69, 9.17) is 10.2 Å². The van der Waals surface area contributed by atoms with Gasteiger partial charge in [-0.05, 0) is 97.8 Å². The number of aromatic nitrogens is 2. The number of anilines is 6. The van der Waals surface area contributed by atoms with E-state index < -0.39 is 65.5 Å². The SMILES string of the molecule is CC(NC(=O)Cc1cccc(NC(=O)c2cc(NC(=O)c3cccc(NC(=O)Nc4cccc(C(=O)Nc5cc(C(=O)Nc6cccc(CC(=O)NC(C)C(=O)O)c6)n(C)c5)c4)c3)cn2C)c1)C(=O)O. The Kier molecular flexibility index (Phi) is 15.9. The van der Waals surface area contributed by atoms with Gasteiger partial charge in [0.15, 0.2) is 0 Å². The Labute approximate surface area is 399 Å². The summed E-state index contributed by atoms with van der Waals surface area (Å²) in [4.78, 5) is 113. The van der Waals surface area contributed by atoms with Crippen LogP contribution in [0.15, 0.2) is 122 Å². The van der Waals surface area contributed by atoms with Gasteiger partial charge in [-0.3, -0.25) is 38.4 Å². The topological polar surface area (TPSA) is 300 Å². The molecule has 0 aliphatic carbocycles. The predicted molar refractivity (Wildman–Crippen MR) is 259 cm³/mol. The standard InChI is InChI=1S/C49H48N10O11/c1-27(47(66)67)50-41(60)19-29-9-5-13-33(17-29)52-45(64)39-23-37(25-58(39)3)54-43(62)31-11-7-15-35(21-31)56-49(70)57-36-16-8-12-32(22-36)44(63)55-38-24-40(59(4)26-38)46(65)53-34-14-6-10-30(18-34)20-42(61)51-28(2)48(68)69/h5-18,21-28H,19-20H2,1-4H3,(H,50,60)(H,51,61)(H,52,64)(H,53,65)(H,54,62)(H,55,63)(H,66,67)(H,68,69)(H2,56,57,70). The average molecular weight is 953 g/mol. The van der Waals surface area contributed by atoms with E-state index in [0.717, 1.165) is 0 Å². The van der Waals surface area contributed by atoms with Crippen LogP contribution in [0.1, 0.15) is 66.7 Å². The van der Waals surface area contributed by atoms with E-state index in [1.807, 2.05) is 0 Å². The summed E-state index contributed by atoms with van der Waals surface area (Å²) in [6, 6.07) is 25.5. The van der Waals surface area contributed by atoms with Crippen LogP contribution in [-0.2, 0) is 46.1 Å². The van der Waals surface area contributed by atoms with Crippen molar-refractivity contribution in [1.82, 2.24) is 19.8 Å². The van der Waals surface area contributed by atoms with Gasteiger partial charge in [0, 0.05) is 60.4 Å².